The third-order valence-corrected chi connectivity index (χ3v) is 5.23. The van der Waals surface area contributed by atoms with Crippen LogP contribution in [0.4, 0.5) is 4.79 Å². The van der Waals surface area contributed by atoms with Crippen molar-refractivity contribution in [3.8, 4) is 5.75 Å². The summed E-state index contributed by atoms with van der Waals surface area (Å²) in [5.74, 6) is -2.65. The van der Waals surface area contributed by atoms with Gasteiger partial charge in [-0.2, -0.15) is 0 Å². The summed E-state index contributed by atoms with van der Waals surface area (Å²) in [5.41, 5.74) is 4.82. The van der Waals surface area contributed by atoms with Crippen LogP contribution in [0.3, 0.4) is 0 Å². The summed E-state index contributed by atoms with van der Waals surface area (Å²) in [6.45, 7) is 4.57. The van der Waals surface area contributed by atoms with Gasteiger partial charge in [0.25, 0.3) is 0 Å². The van der Waals surface area contributed by atoms with E-state index < -0.39 is 54.0 Å². The number of hydrogen-bond donors (Lipinski definition) is 4. The van der Waals surface area contributed by atoms with Gasteiger partial charge < -0.3 is 35.8 Å². The van der Waals surface area contributed by atoms with Crippen molar-refractivity contribution in [2.75, 3.05) is 13.7 Å². The summed E-state index contributed by atoms with van der Waals surface area (Å²) in [7, 11) is 1.18. The minimum absolute atomic E-state index is 0.0392. The second-order valence-electron chi connectivity index (χ2n) is 9.47. The van der Waals surface area contributed by atoms with E-state index in [1.165, 1.54) is 36.3 Å². The first-order valence-corrected chi connectivity index (χ1v) is 11.6. The molecule has 2 unspecified atom stereocenters. The number of nitrogens with zero attached hydrogens (tertiary/aromatic N) is 1. The Morgan fingerprint density at radius 3 is 2.25 bits per heavy atom. The van der Waals surface area contributed by atoms with E-state index in [1.54, 1.807) is 20.8 Å². The van der Waals surface area contributed by atoms with Crippen molar-refractivity contribution in [1.82, 2.24) is 15.5 Å². The lowest BCUT2D eigenvalue weighted by Gasteiger charge is -2.34. The SMILES string of the molecule is COC(=O)CNC(=O)C(c1ccc(O)cc1)N(C(=O)C(CCC(N)=O)NC(=O)OC(C)(C)C)C1CC1. The number of phenols is 1. The van der Waals surface area contributed by atoms with Crippen LogP contribution >= 0.6 is 0 Å². The Bertz CT molecular complexity index is 969. The molecular formula is C24H34N4O8. The van der Waals surface area contributed by atoms with E-state index in [4.69, 9.17) is 10.5 Å². The molecule has 2 rings (SSSR count). The highest BCUT2D eigenvalue weighted by molar-refractivity contribution is 5.94. The van der Waals surface area contributed by atoms with Gasteiger partial charge in [0.2, 0.25) is 17.7 Å². The van der Waals surface area contributed by atoms with E-state index in [1.807, 2.05) is 0 Å². The first-order valence-electron chi connectivity index (χ1n) is 11.6. The monoisotopic (exact) mass is 506 g/mol. The van der Waals surface area contributed by atoms with Crippen molar-refractivity contribution >= 4 is 29.8 Å². The van der Waals surface area contributed by atoms with Crippen LogP contribution in [0.15, 0.2) is 24.3 Å². The van der Waals surface area contributed by atoms with Crippen LogP contribution in [-0.2, 0) is 28.7 Å². The summed E-state index contributed by atoms with van der Waals surface area (Å²) < 4.78 is 9.84. The number of benzene rings is 1. The second-order valence-corrected chi connectivity index (χ2v) is 9.47. The second kappa shape index (κ2) is 12.2. The summed E-state index contributed by atoms with van der Waals surface area (Å²) in [6, 6.07) is 2.99. The van der Waals surface area contributed by atoms with Gasteiger partial charge in [-0.15, -0.1) is 0 Å². The van der Waals surface area contributed by atoms with Gasteiger partial charge in [0.1, 0.15) is 30.0 Å². The van der Waals surface area contributed by atoms with Crippen molar-refractivity contribution in [2.24, 2.45) is 5.73 Å². The number of primary amides is 1. The number of ether oxygens (including phenoxy) is 2. The Labute approximate surface area is 209 Å². The van der Waals surface area contributed by atoms with Crippen molar-refractivity contribution in [1.29, 1.82) is 0 Å². The maximum atomic E-state index is 13.8. The molecule has 198 valence electrons. The number of hydrogen-bond acceptors (Lipinski definition) is 8. The Morgan fingerprint density at radius 1 is 1.14 bits per heavy atom. The molecule has 0 aliphatic heterocycles. The lowest BCUT2D eigenvalue weighted by molar-refractivity contribution is -0.145. The van der Waals surface area contributed by atoms with Gasteiger partial charge in [-0.05, 0) is 57.7 Å². The van der Waals surface area contributed by atoms with Crippen molar-refractivity contribution in [3.63, 3.8) is 0 Å². The van der Waals surface area contributed by atoms with Crippen LogP contribution in [0.5, 0.6) is 5.75 Å². The van der Waals surface area contributed by atoms with Gasteiger partial charge in [0.15, 0.2) is 0 Å². The first kappa shape index (κ1) is 28.4. The maximum absolute atomic E-state index is 13.8. The summed E-state index contributed by atoms with van der Waals surface area (Å²) in [4.78, 5) is 63.9. The Kier molecular flexibility index (Phi) is 9.65. The molecule has 0 saturated heterocycles. The van der Waals surface area contributed by atoms with E-state index in [2.05, 4.69) is 15.4 Å². The molecular weight excluding hydrogens is 472 g/mol. The van der Waals surface area contributed by atoms with Gasteiger partial charge in [0, 0.05) is 12.5 Å². The molecule has 1 aromatic carbocycles. The average molecular weight is 507 g/mol. The van der Waals surface area contributed by atoms with Crippen molar-refractivity contribution in [3.05, 3.63) is 29.8 Å². The Balaban J connectivity index is 2.41. The molecule has 36 heavy (non-hydrogen) atoms. The fourth-order valence-electron chi connectivity index (χ4n) is 3.47. The molecule has 12 heteroatoms. The van der Waals surface area contributed by atoms with E-state index in [0.717, 1.165) is 0 Å². The fourth-order valence-corrected chi connectivity index (χ4v) is 3.47. The van der Waals surface area contributed by atoms with Crippen LogP contribution in [0.25, 0.3) is 0 Å². The number of amides is 4. The van der Waals surface area contributed by atoms with Gasteiger partial charge in [0.05, 0.1) is 7.11 Å². The molecule has 1 saturated carbocycles. The number of carbonyl (C=O) groups is 5. The lowest BCUT2D eigenvalue weighted by atomic mass is 10.0. The molecule has 4 amide bonds. The highest BCUT2D eigenvalue weighted by Crippen LogP contribution is 2.36. The van der Waals surface area contributed by atoms with E-state index in [9.17, 15) is 29.1 Å². The number of esters is 1. The smallest absolute Gasteiger partial charge is 0.408 e. The van der Waals surface area contributed by atoms with E-state index >= 15 is 0 Å². The maximum Gasteiger partial charge on any atom is 0.408 e. The number of rotatable bonds is 11. The molecule has 12 nitrogen and oxygen atoms in total. The summed E-state index contributed by atoms with van der Waals surface area (Å²) in [6.07, 6.45) is 0.0581. The predicted octanol–water partition coefficient (Wildman–Crippen LogP) is 0.872. The average Bonchev–Trinajstić information content (AvgIpc) is 3.62. The van der Waals surface area contributed by atoms with Gasteiger partial charge in [-0.3, -0.25) is 19.2 Å². The number of alkyl carbamates (subject to hydrolysis) is 1. The topological polar surface area (TPSA) is 177 Å². The molecule has 0 aromatic heterocycles. The number of carbonyl (C=O) groups excluding carboxylic acids is 5. The largest absolute Gasteiger partial charge is 0.508 e. The normalized spacial score (nSPS) is 14.7. The van der Waals surface area contributed by atoms with Crippen molar-refractivity contribution in [2.45, 2.75) is 70.2 Å². The molecule has 0 heterocycles. The third kappa shape index (κ3) is 8.75. The standard InChI is InChI=1S/C24H34N4O8/c1-24(2,3)36-23(34)27-17(11-12-18(25)30)22(33)28(15-7-8-15)20(14-5-9-16(29)10-6-14)21(32)26-13-19(31)35-4/h5-6,9-10,15,17,20,29H,7-8,11-13H2,1-4H3,(H2,25,30)(H,26,32)(H,27,34). The number of nitrogens with one attached hydrogen (secondary N) is 2. The van der Waals surface area contributed by atoms with Gasteiger partial charge >= 0.3 is 12.1 Å². The van der Waals surface area contributed by atoms with Gasteiger partial charge in [-0.1, -0.05) is 12.1 Å². The molecule has 0 bridgehead atoms. The molecule has 0 spiro atoms. The first-order chi connectivity index (χ1) is 16.8. The highest BCUT2D eigenvalue weighted by Gasteiger charge is 2.44. The Hall–Kier alpha value is -3.83. The van der Waals surface area contributed by atoms with Crippen molar-refractivity contribution < 1.29 is 38.6 Å². The van der Waals surface area contributed by atoms with Crippen LogP contribution in [0, 0.1) is 0 Å². The van der Waals surface area contributed by atoms with Crippen LogP contribution in [0.2, 0.25) is 0 Å². The molecule has 1 aromatic rings. The minimum atomic E-state index is -1.21. The summed E-state index contributed by atoms with van der Waals surface area (Å²) >= 11 is 0. The van der Waals surface area contributed by atoms with E-state index in [-0.39, 0.29) is 24.6 Å². The number of aromatic hydroxyl groups is 1. The summed E-state index contributed by atoms with van der Waals surface area (Å²) in [5, 5.41) is 14.7. The number of methoxy groups -OCH3 is 1. The zero-order valence-electron chi connectivity index (χ0n) is 20.9. The highest BCUT2D eigenvalue weighted by atomic mass is 16.6. The molecule has 2 atom stereocenters. The van der Waals surface area contributed by atoms with Crippen LogP contribution in [0.1, 0.15) is 58.1 Å². The number of phenolic OH excluding ortho intramolecular Hbond substituents is 1. The predicted molar refractivity (Wildman–Crippen MR) is 127 cm³/mol. The zero-order chi connectivity index (χ0) is 27.0. The van der Waals surface area contributed by atoms with Crippen LogP contribution < -0.4 is 16.4 Å². The molecule has 5 N–H and O–H groups in total. The zero-order valence-corrected chi connectivity index (χ0v) is 20.9. The molecule has 1 aliphatic rings. The third-order valence-electron chi connectivity index (χ3n) is 5.23. The molecule has 1 fully saturated rings. The quantitative estimate of drug-likeness (QED) is 0.319. The Morgan fingerprint density at radius 2 is 1.75 bits per heavy atom. The minimum Gasteiger partial charge on any atom is -0.508 e. The molecule has 1 aliphatic carbocycles. The number of nitrogens with two attached hydrogens (primary N) is 1. The molecule has 0 radical (unpaired) electrons. The van der Waals surface area contributed by atoms with E-state index in [0.29, 0.717) is 18.4 Å². The van der Waals surface area contributed by atoms with Gasteiger partial charge in [-0.25, -0.2) is 4.79 Å². The fraction of sp³-hybridized carbons (Fsp3) is 0.542. The lowest BCUT2D eigenvalue weighted by Crippen LogP contribution is -2.54. The van der Waals surface area contributed by atoms with Crippen LogP contribution in [-0.4, -0.2) is 71.1 Å².